The topological polar surface area (TPSA) is 36.3 Å². The van der Waals surface area contributed by atoms with Gasteiger partial charge < -0.3 is 9.47 Å². The minimum absolute atomic E-state index is 0.387. The minimum Gasteiger partial charge on any atom is -0.480 e. The lowest BCUT2D eigenvalue weighted by molar-refractivity contribution is 0.0545. The Hall–Kier alpha value is -1.03. The van der Waals surface area contributed by atoms with E-state index >= 15 is 0 Å². The van der Waals surface area contributed by atoms with Crippen molar-refractivity contribution in [2.75, 3.05) is 20.3 Å². The first-order chi connectivity index (χ1) is 6.40. The van der Waals surface area contributed by atoms with Gasteiger partial charge in [-0.2, -0.15) is 0 Å². The average Bonchev–Trinajstić information content (AvgIpc) is 2.67. The zero-order valence-electron chi connectivity index (χ0n) is 7.77. The largest absolute Gasteiger partial charge is 0.480 e. The number of hydrogen-bond acceptors (Lipinski definition) is 3. The SMILES string of the molecule is COc1ccn(C2CCCOC2)n1. The molecule has 1 saturated heterocycles. The smallest absolute Gasteiger partial charge is 0.232 e. The van der Waals surface area contributed by atoms with Gasteiger partial charge in [-0.05, 0) is 12.8 Å². The highest BCUT2D eigenvalue weighted by molar-refractivity contribution is 5.05. The van der Waals surface area contributed by atoms with E-state index < -0.39 is 0 Å². The molecule has 4 heteroatoms. The fourth-order valence-corrected chi connectivity index (χ4v) is 1.57. The van der Waals surface area contributed by atoms with E-state index in [1.165, 1.54) is 0 Å². The Morgan fingerprint density at radius 3 is 3.23 bits per heavy atom. The summed E-state index contributed by atoms with van der Waals surface area (Å²) in [7, 11) is 1.63. The van der Waals surface area contributed by atoms with Gasteiger partial charge in [0.15, 0.2) is 0 Å². The summed E-state index contributed by atoms with van der Waals surface area (Å²) >= 11 is 0. The normalized spacial score (nSPS) is 23.0. The molecule has 1 fully saturated rings. The second-order valence-electron chi connectivity index (χ2n) is 3.21. The summed E-state index contributed by atoms with van der Waals surface area (Å²) in [5.41, 5.74) is 0. The molecule has 0 saturated carbocycles. The van der Waals surface area contributed by atoms with Crippen LogP contribution in [0.1, 0.15) is 18.9 Å². The summed E-state index contributed by atoms with van der Waals surface area (Å²) in [5, 5.41) is 4.27. The van der Waals surface area contributed by atoms with Crippen molar-refractivity contribution >= 4 is 0 Å². The van der Waals surface area contributed by atoms with Crippen molar-refractivity contribution in [2.24, 2.45) is 0 Å². The molecule has 0 bridgehead atoms. The summed E-state index contributed by atoms with van der Waals surface area (Å²) in [6, 6.07) is 2.26. The standard InChI is InChI=1S/C9H14N2O2/c1-12-9-4-5-11(10-9)8-3-2-6-13-7-8/h4-5,8H,2-3,6-7H2,1H3. The van der Waals surface area contributed by atoms with E-state index in [1.54, 1.807) is 7.11 Å². The highest BCUT2D eigenvalue weighted by Gasteiger charge is 2.16. The van der Waals surface area contributed by atoms with Crippen molar-refractivity contribution in [2.45, 2.75) is 18.9 Å². The van der Waals surface area contributed by atoms with Crippen LogP contribution in [0.25, 0.3) is 0 Å². The molecule has 72 valence electrons. The zero-order valence-corrected chi connectivity index (χ0v) is 7.77. The van der Waals surface area contributed by atoms with Gasteiger partial charge in [-0.3, -0.25) is 4.68 Å². The van der Waals surface area contributed by atoms with Gasteiger partial charge in [0.05, 0.1) is 19.8 Å². The van der Waals surface area contributed by atoms with Gasteiger partial charge in [0.25, 0.3) is 0 Å². The van der Waals surface area contributed by atoms with Gasteiger partial charge in [-0.1, -0.05) is 0 Å². The van der Waals surface area contributed by atoms with E-state index in [1.807, 2.05) is 16.9 Å². The Balaban J connectivity index is 2.05. The van der Waals surface area contributed by atoms with Crippen LogP contribution in [0.4, 0.5) is 0 Å². The van der Waals surface area contributed by atoms with E-state index in [4.69, 9.17) is 9.47 Å². The fraction of sp³-hybridized carbons (Fsp3) is 0.667. The van der Waals surface area contributed by atoms with Crippen molar-refractivity contribution in [3.8, 4) is 5.88 Å². The van der Waals surface area contributed by atoms with Crippen LogP contribution in [-0.2, 0) is 4.74 Å². The van der Waals surface area contributed by atoms with Crippen LogP contribution in [-0.4, -0.2) is 30.1 Å². The van der Waals surface area contributed by atoms with Crippen molar-refractivity contribution < 1.29 is 9.47 Å². The second kappa shape index (κ2) is 3.79. The van der Waals surface area contributed by atoms with Crippen LogP contribution in [0.3, 0.4) is 0 Å². The van der Waals surface area contributed by atoms with Crippen LogP contribution in [0.15, 0.2) is 12.3 Å². The number of rotatable bonds is 2. The molecule has 2 heterocycles. The summed E-state index contributed by atoms with van der Waals surface area (Å²) < 4.78 is 12.3. The Kier molecular flexibility index (Phi) is 2.49. The molecule has 1 unspecified atom stereocenters. The van der Waals surface area contributed by atoms with Gasteiger partial charge in [0.2, 0.25) is 5.88 Å². The highest BCUT2D eigenvalue weighted by atomic mass is 16.5. The molecule has 0 aromatic carbocycles. The summed E-state index contributed by atoms with van der Waals surface area (Å²) in [6.45, 7) is 1.65. The van der Waals surface area contributed by atoms with Crippen molar-refractivity contribution in [3.63, 3.8) is 0 Å². The van der Waals surface area contributed by atoms with E-state index in [0.29, 0.717) is 11.9 Å². The van der Waals surface area contributed by atoms with Crippen LogP contribution in [0, 0.1) is 0 Å². The molecular formula is C9H14N2O2. The Bertz CT molecular complexity index is 266. The number of hydrogen-bond donors (Lipinski definition) is 0. The predicted octanol–water partition coefficient (Wildman–Crippen LogP) is 1.24. The van der Waals surface area contributed by atoms with Gasteiger partial charge in [0, 0.05) is 18.9 Å². The molecule has 1 aliphatic heterocycles. The molecular weight excluding hydrogens is 168 g/mol. The van der Waals surface area contributed by atoms with Gasteiger partial charge in [-0.25, -0.2) is 0 Å². The van der Waals surface area contributed by atoms with Crippen LogP contribution in [0.5, 0.6) is 5.88 Å². The monoisotopic (exact) mass is 182 g/mol. The molecule has 0 radical (unpaired) electrons. The number of nitrogens with zero attached hydrogens (tertiary/aromatic N) is 2. The molecule has 4 nitrogen and oxygen atoms in total. The molecule has 0 N–H and O–H groups in total. The summed E-state index contributed by atoms with van der Waals surface area (Å²) in [4.78, 5) is 0. The average molecular weight is 182 g/mol. The second-order valence-corrected chi connectivity index (χ2v) is 3.21. The lowest BCUT2D eigenvalue weighted by Crippen LogP contribution is -2.21. The lowest BCUT2D eigenvalue weighted by Gasteiger charge is -2.22. The molecule has 2 rings (SSSR count). The molecule has 13 heavy (non-hydrogen) atoms. The summed E-state index contributed by atoms with van der Waals surface area (Å²) in [5.74, 6) is 0.672. The molecule has 0 spiro atoms. The molecule has 0 amide bonds. The molecule has 1 aliphatic rings. The first kappa shape index (κ1) is 8.56. The maximum Gasteiger partial charge on any atom is 0.232 e. The molecule has 1 aromatic rings. The third-order valence-corrected chi connectivity index (χ3v) is 2.30. The number of ether oxygens (including phenoxy) is 2. The van der Waals surface area contributed by atoms with Gasteiger partial charge >= 0.3 is 0 Å². The molecule has 0 aliphatic carbocycles. The van der Waals surface area contributed by atoms with E-state index in [2.05, 4.69) is 5.10 Å². The van der Waals surface area contributed by atoms with Gasteiger partial charge in [0.1, 0.15) is 0 Å². The van der Waals surface area contributed by atoms with Crippen molar-refractivity contribution in [1.29, 1.82) is 0 Å². The maximum absolute atomic E-state index is 5.38. The van der Waals surface area contributed by atoms with Crippen molar-refractivity contribution in [1.82, 2.24) is 9.78 Å². The first-order valence-corrected chi connectivity index (χ1v) is 4.57. The van der Waals surface area contributed by atoms with Gasteiger partial charge in [-0.15, -0.1) is 5.10 Å². The van der Waals surface area contributed by atoms with E-state index in [0.717, 1.165) is 26.1 Å². The molecule has 1 aromatic heterocycles. The fourth-order valence-electron chi connectivity index (χ4n) is 1.57. The maximum atomic E-state index is 5.38. The van der Waals surface area contributed by atoms with Crippen molar-refractivity contribution in [3.05, 3.63) is 12.3 Å². The number of methoxy groups -OCH3 is 1. The van der Waals surface area contributed by atoms with Crippen LogP contribution < -0.4 is 4.74 Å². The highest BCUT2D eigenvalue weighted by Crippen LogP contribution is 2.19. The number of aromatic nitrogens is 2. The first-order valence-electron chi connectivity index (χ1n) is 4.57. The molecule has 1 atom stereocenters. The van der Waals surface area contributed by atoms with E-state index in [-0.39, 0.29) is 0 Å². The summed E-state index contributed by atoms with van der Waals surface area (Å²) in [6.07, 6.45) is 4.20. The zero-order chi connectivity index (χ0) is 9.10. The Morgan fingerprint density at radius 1 is 1.69 bits per heavy atom. The third kappa shape index (κ3) is 1.83. The minimum atomic E-state index is 0.387. The van der Waals surface area contributed by atoms with Crippen LogP contribution in [0.2, 0.25) is 0 Å². The quantitative estimate of drug-likeness (QED) is 0.690. The third-order valence-electron chi connectivity index (χ3n) is 2.30. The Morgan fingerprint density at radius 2 is 2.62 bits per heavy atom. The van der Waals surface area contributed by atoms with E-state index in [9.17, 15) is 0 Å². The lowest BCUT2D eigenvalue weighted by atomic mass is 10.1. The Labute approximate surface area is 77.4 Å². The predicted molar refractivity (Wildman–Crippen MR) is 47.9 cm³/mol. The van der Waals surface area contributed by atoms with Crippen LogP contribution >= 0.6 is 0 Å².